The zero-order valence-corrected chi connectivity index (χ0v) is 15.2. The Kier molecular flexibility index (Phi) is 5.82. The first-order valence-corrected chi connectivity index (χ1v) is 9.18. The highest BCUT2D eigenvalue weighted by atomic mass is 16.1. The summed E-state index contributed by atoms with van der Waals surface area (Å²) in [6.45, 7) is 3.60. The number of carbonyl (C=O) groups is 1. The predicted octanol–water partition coefficient (Wildman–Crippen LogP) is 3.59. The molecule has 0 radical (unpaired) electrons. The number of amides is 1. The maximum atomic E-state index is 12.2. The molecule has 1 N–H and O–H groups in total. The van der Waals surface area contributed by atoms with Gasteiger partial charge in [-0.1, -0.05) is 19.1 Å². The Morgan fingerprint density at radius 3 is 2.80 bits per heavy atom. The van der Waals surface area contributed by atoms with Crippen molar-refractivity contribution in [3.8, 4) is 0 Å². The molecule has 1 heterocycles. The molecule has 3 rings (SSSR count). The number of nitrogens with one attached hydrogen (secondary N) is 1. The molecule has 25 heavy (non-hydrogen) atoms. The van der Waals surface area contributed by atoms with E-state index in [1.807, 2.05) is 19.3 Å². The van der Waals surface area contributed by atoms with Gasteiger partial charge in [-0.25, -0.2) is 0 Å². The Morgan fingerprint density at radius 2 is 2.04 bits per heavy atom. The summed E-state index contributed by atoms with van der Waals surface area (Å²) in [6.07, 6.45) is 6.95. The monoisotopic (exact) mass is 337 g/mol. The van der Waals surface area contributed by atoms with Crippen molar-refractivity contribution >= 4 is 11.6 Å². The number of carbonyl (C=O) groups excluding carboxylic acids is 1. The van der Waals surface area contributed by atoms with Crippen molar-refractivity contribution in [3.63, 3.8) is 0 Å². The smallest absolute Gasteiger partial charge is 0.225 e. The van der Waals surface area contributed by atoms with Crippen LogP contribution in [0.1, 0.15) is 42.1 Å². The topological polar surface area (TPSA) is 45.2 Å². The number of aromatic nitrogens is 1. The van der Waals surface area contributed by atoms with Crippen LogP contribution < -0.4 is 5.32 Å². The molecule has 1 aliphatic carbocycles. The summed E-state index contributed by atoms with van der Waals surface area (Å²) in [5, 5.41) is 3.02. The van der Waals surface area contributed by atoms with E-state index in [0.29, 0.717) is 13.0 Å². The minimum atomic E-state index is 0.0686. The van der Waals surface area contributed by atoms with Crippen LogP contribution in [-0.4, -0.2) is 29.4 Å². The van der Waals surface area contributed by atoms with E-state index in [0.717, 1.165) is 30.8 Å². The average molecular weight is 337 g/mol. The number of hydrogen-bond donors (Lipinski definition) is 1. The van der Waals surface area contributed by atoms with Crippen LogP contribution in [0.15, 0.2) is 36.5 Å². The van der Waals surface area contributed by atoms with E-state index in [1.165, 1.54) is 29.5 Å². The molecule has 4 nitrogen and oxygen atoms in total. The van der Waals surface area contributed by atoms with Crippen molar-refractivity contribution in [2.75, 3.05) is 18.9 Å². The van der Waals surface area contributed by atoms with E-state index in [4.69, 9.17) is 0 Å². The first-order chi connectivity index (χ1) is 12.1. The summed E-state index contributed by atoms with van der Waals surface area (Å²) >= 11 is 0. The summed E-state index contributed by atoms with van der Waals surface area (Å²) in [7, 11) is 2.03. The van der Waals surface area contributed by atoms with E-state index in [9.17, 15) is 4.79 Å². The standard InChI is InChI=1S/C21H27N3O/c1-3-16-7-9-20(22-14-16)15-24(2)12-11-21(25)23-19-10-8-17-5-4-6-18(17)13-19/h7-10,13-14H,3-6,11-12,15H2,1-2H3,(H,23,25). The normalized spacial score (nSPS) is 13.1. The summed E-state index contributed by atoms with van der Waals surface area (Å²) in [6, 6.07) is 10.5. The molecule has 0 unspecified atom stereocenters. The van der Waals surface area contributed by atoms with E-state index < -0.39 is 0 Å². The molecule has 2 aromatic rings. The van der Waals surface area contributed by atoms with Crippen LogP contribution in [0.5, 0.6) is 0 Å². The molecule has 1 amide bonds. The van der Waals surface area contributed by atoms with Crippen molar-refractivity contribution < 1.29 is 4.79 Å². The van der Waals surface area contributed by atoms with E-state index in [2.05, 4.69) is 46.4 Å². The minimum absolute atomic E-state index is 0.0686. The Bertz CT molecular complexity index is 724. The average Bonchev–Trinajstić information content (AvgIpc) is 3.08. The molecule has 0 saturated heterocycles. The van der Waals surface area contributed by atoms with Gasteiger partial charge in [0.05, 0.1) is 5.69 Å². The Labute approximate surface area is 150 Å². The third-order valence-electron chi connectivity index (χ3n) is 4.83. The molecule has 0 saturated carbocycles. The molecule has 1 aliphatic rings. The lowest BCUT2D eigenvalue weighted by Gasteiger charge is -2.16. The molecule has 0 atom stereocenters. The Morgan fingerprint density at radius 1 is 1.20 bits per heavy atom. The quantitative estimate of drug-likeness (QED) is 0.840. The molecule has 0 spiro atoms. The first kappa shape index (κ1) is 17.6. The molecule has 4 heteroatoms. The van der Waals surface area contributed by atoms with Crippen LogP contribution in [0.4, 0.5) is 5.69 Å². The predicted molar refractivity (Wildman–Crippen MR) is 102 cm³/mol. The van der Waals surface area contributed by atoms with Gasteiger partial charge in [0.2, 0.25) is 5.91 Å². The lowest BCUT2D eigenvalue weighted by atomic mass is 10.1. The summed E-state index contributed by atoms with van der Waals surface area (Å²) in [4.78, 5) is 18.8. The molecular formula is C21H27N3O. The van der Waals surface area contributed by atoms with Crippen molar-refractivity contribution in [1.82, 2.24) is 9.88 Å². The second-order valence-corrected chi connectivity index (χ2v) is 6.88. The zero-order chi connectivity index (χ0) is 17.6. The van der Waals surface area contributed by atoms with Gasteiger partial charge in [0.1, 0.15) is 0 Å². The second-order valence-electron chi connectivity index (χ2n) is 6.88. The third-order valence-corrected chi connectivity index (χ3v) is 4.83. The van der Waals surface area contributed by atoms with Crippen molar-refractivity contribution in [2.45, 2.75) is 45.6 Å². The highest BCUT2D eigenvalue weighted by molar-refractivity contribution is 5.91. The first-order valence-electron chi connectivity index (χ1n) is 9.18. The van der Waals surface area contributed by atoms with Gasteiger partial charge in [-0.15, -0.1) is 0 Å². The fraction of sp³-hybridized carbons (Fsp3) is 0.429. The van der Waals surface area contributed by atoms with Gasteiger partial charge in [-0.3, -0.25) is 9.78 Å². The van der Waals surface area contributed by atoms with Crippen molar-refractivity contribution in [3.05, 3.63) is 58.9 Å². The fourth-order valence-electron chi connectivity index (χ4n) is 3.28. The van der Waals surface area contributed by atoms with E-state index in [-0.39, 0.29) is 5.91 Å². The van der Waals surface area contributed by atoms with Crippen LogP contribution in [-0.2, 0) is 30.6 Å². The highest BCUT2D eigenvalue weighted by Crippen LogP contribution is 2.24. The third kappa shape index (κ3) is 4.89. The minimum Gasteiger partial charge on any atom is -0.326 e. The Balaban J connectivity index is 1.45. The van der Waals surface area contributed by atoms with E-state index in [1.54, 1.807) is 0 Å². The number of nitrogens with zero attached hydrogens (tertiary/aromatic N) is 2. The molecular weight excluding hydrogens is 310 g/mol. The molecule has 1 aromatic carbocycles. The van der Waals surface area contributed by atoms with Crippen LogP contribution in [0.2, 0.25) is 0 Å². The molecule has 0 fully saturated rings. The molecule has 1 aromatic heterocycles. The lowest BCUT2D eigenvalue weighted by Crippen LogP contribution is -2.24. The largest absolute Gasteiger partial charge is 0.326 e. The Hall–Kier alpha value is -2.20. The van der Waals surface area contributed by atoms with Gasteiger partial charge < -0.3 is 10.2 Å². The fourth-order valence-corrected chi connectivity index (χ4v) is 3.28. The number of anilines is 1. The summed E-state index contributed by atoms with van der Waals surface area (Å²) < 4.78 is 0. The van der Waals surface area contributed by atoms with Crippen LogP contribution in [0.25, 0.3) is 0 Å². The molecule has 0 bridgehead atoms. The molecule has 0 aliphatic heterocycles. The highest BCUT2D eigenvalue weighted by Gasteiger charge is 2.12. The number of hydrogen-bond acceptors (Lipinski definition) is 3. The van der Waals surface area contributed by atoms with Gasteiger partial charge >= 0.3 is 0 Å². The zero-order valence-electron chi connectivity index (χ0n) is 15.2. The number of pyridine rings is 1. The van der Waals surface area contributed by atoms with Crippen LogP contribution in [0, 0.1) is 0 Å². The van der Waals surface area contributed by atoms with Gasteiger partial charge in [0.25, 0.3) is 0 Å². The van der Waals surface area contributed by atoms with Gasteiger partial charge in [0.15, 0.2) is 0 Å². The van der Waals surface area contributed by atoms with Crippen molar-refractivity contribution in [1.29, 1.82) is 0 Å². The molecule has 132 valence electrons. The lowest BCUT2D eigenvalue weighted by molar-refractivity contribution is -0.116. The SMILES string of the molecule is CCc1ccc(CN(C)CCC(=O)Nc2ccc3c(c2)CCC3)nc1. The van der Waals surface area contributed by atoms with Crippen molar-refractivity contribution in [2.24, 2.45) is 0 Å². The van der Waals surface area contributed by atoms with Crippen LogP contribution >= 0.6 is 0 Å². The number of aryl methyl sites for hydroxylation is 3. The maximum absolute atomic E-state index is 12.2. The van der Waals surface area contributed by atoms with E-state index >= 15 is 0 Å². The number of benzene rings is 1. The van der Waals surface area contributed by atoms with Gasteiger partial charge in [-0.05, 0) is 67.6 Å². The van der Waals surface area contributed by atoms with Crippen LogP contribution in [0.3, 0.4) is 0 Å². The van der Waals surface area contributed by atoms with Gasteiger partial charge in [-0.2, -0.15) is 0 Å². The van der Waals surface area contributed by atoms with Gasteiger partial charge in [0, 0.05) is 31.4 Å². The number of fused-ring (bicyclic) bond motifs is 1. The number of rotatable bonds is 7. The summed E-state index contributed by atoms with van der Waals surface area (Å²) in [5.41, 5.74) is 6.03. The maximum Gasteiger partial charge on any atom is 0.225 e. The summed E-state index contributed by atoms with van der Waals surface area (Å²) in [5.74, 6) is 0.0686. The second kappa shape index (κ2) is 8.26.